The molecule has 110 valence electrons. The van der Waals surface area contributed by atoms with E-state index in [1.807, 2.05) is 13.0 Å². The van der Waals surface area contributed by atoms with Crippen LogP contribution in [0.2, 0.25) is 10.0 Å². The summed E-state index contributed by atoms with van der Waals surface area (Å²) in [5.41, 5.74) is 8.28. The fourth-order valence-electron chi connectivity index (χ4n) is 2.04. The minimum Gasteiger partial charge on any atom is -0.369 e. The average molecular weight is 324 g/mol. The van der Waals surface area contributed by atoms with E-state index in [-0.39, 0.29) is 11.5 Å². The molecule has 21 heavy (non-hydrogen) atoms. The third-order valence-corrected chi connectivity index (χ3v) is 3.77. The molecule has 0 saturated heterocycles. The number of rotatable bonds is 3. The molecule has 0 saturated carbocycles. The first kappa shape index (κ1) is 15.6. The number of benzene rings is 1. The Morgan fingerprint density at radius 2 is 2.14 bits per heavy atom. The Morgan fingerprint density at radius 3 is 2.81 bits per heavy atom. The summed E-state index contributed by atoms with van der Waals surface area (Å²) in [6.07, 6.45) is 2.37. The van der Waals surface area contributed by atoms with Crippen LogP contribution in [0.1, 0.15) is 23.7 Å². The number of nitrogen functional groups attached to an aromatic ring is 1. The van der Waals surface area contributed by atoms with Gasteiger partial charge in [-0.25, -0.2) is 4.98 Å². The maximum absolute atomic E-state index is 11.9. The van der Waals surface area contributed by atoms with Crippen molar-refractivity contribution >= 4 is 34.7 Å². The number of nitrogens with one attached hydrogen (secondary N) is 1. The van der Waals surface area contributed by atoms with E-state index < -0.39 is 0 Å². The maximum Gasteiger partial charge on any atom is 0.256 e. The molecule has 2 rings (SSSR count). The number of halogens is 2. The van der Waals surface area contributed by atoms with Crippen molar-refractivity contribution in [2.24, 2.45) is 0 Å². The minimum atomic E-state index is -0.221. The summed E-state index contributed by atoms with van der Waals surface area (Å²) in [5.74, 6) is 0.125. The number of anilines is 1. The summed E-state index contributed by atoms with van der Waals surface area (Å²) in [7, 11) is 0. The number of nitrogens with two attached hydrogens (primary N) is 1. The lowest BCUT2D eigenvalue weighted by Gasteiger charge is -2.07. The molecule has 1 aromatic heterocycles. The second-order valence-electron chi connectivity index (χ2n) is 4.73. The van der Waals surface area contributed by atoms with E-state index in [1.54, 1.807) is 25.1 Å². The molecule has 0 aliphatic carbocycles. The number of aromatic amines is 1. The smallest absolute Gasteiger partial charge is 0.256 e. The third-order valence-electron chi connectivity index (χ3n) is 3.21. The van der Waals surface area contributed by atoms with Gasteiger partial charge in [-0.1, -0.05) is 29.3 Å². The molecule has 1 heterocycles. The Bertz CT molecular complexity index is 766. The quantitative estimate of drug-likeness (QED) is 0.906. The zero-order valence-electron chi connectivity index (χ0n) is 11.7. The molecule has 0 aliphatic heterocycles. The molecule has 1 aromatic carbocycles. The van der Waals surface area contributed by atoms with E-state index >= 15 is 0 Å². The van der Waals surface area contributed by atoms with Crippen molar-refractivity contribution in [2.45, 2.75) is 20.3 Å². The molecule has 0 radical (unpaired) electrons. The summed E-state index contributed by atoms with van der Waals surface area (Å²) in [6.45, 7) is 3.68. The van der Waals surface area contributed by atoms with Gasteiger partial charge in [0, 0.05) is 15.6 Å². The number of aromatic nitrogens is 2. The summed E-state index contributed by atoms with van der Waals surface area (Å²) < 4.78 is 0. The fourth-order valence-corrected chi connectivity index (χ4v) is 2.48. The largest absolute Gasteiger partial charge is 0.369 e. The van der Waals surface area contributed by atoms with Crippen molar-refractivity contribution in [2.75, 3.05) is 5.73 Å². The Morgan fingerprint density at radius 1 is 1.43 bits per heavy atom. The highest BCUT2D eigenvalue weighted by Crippen LogP contribution is 2.27. The molecule has 0 spiro atoms. The fraction of sp³-hybridized carbons (Fsp3) is 0.200. The molecule has 0 aliphatic rings. The number of allylic oxidation sites excluding steroid dienone is 2. The van der Waals surface area contributed by atoms with E-state index in [2.05, 4.69) is 9.97 Å². The van der Waals surface area contributed by atoms with Gasteiger partial charge in [0.15, 0.2) is 0 Å². The van der Waals surface area contributed by atoms with Crippen molar-refractivity contribution in [1.29, 1.82) is 0 Å². The zero-order chi connectivity index (χ0) is 15.6. The SMILES string of the molecule is C/C(=C\Cc1c(C)nc(N)[nH]c1=O)c1cc(Cl)ccc1Cl. The van der Waals surface area contributed by atoms with Crippen molar-refractivity contribution in [1.82, 2.24) is 9.97 Å². The summed E-state index contributed by atoms with van der Waals surface area (Å²) >= 11 is 12.1. The molecule has 0 amide bonds. The lowest BCUT2D eigenvalue weighted by molar-refractivity contribution is 1.00. The molecule has 0 unspecified atom stereocenters. The number of hydrogen-bond donors (Lipinski definition) is 2. The Labute approximate surface area is 132 Å². The first-order valence-electron chi connectivity index (χ1n) is 6.36. The van der Waals surface area contributed by atoms with Crippen LogP contribution in [0.15, 0.2) is 29.1 Å². The van der Waals surface area contributed by atoms with Gasteiger partial charge in [0.25, 0.3) is 5.56 Å². The molecule has 3 N–H and O–H groups in total. The van der Waals surface area contributed by atoms with Gasteiger partial charge in [-0.05, 0) is 49.6 Å². The molecule has 0 fully saturated rings. The second kappa shape index (κ2) is 6.33. The van der Waals surface area contributed by atoms with E-state index in [4.69, 9.17) is 28.9 Å². The highest BCUT2D eigenvalue weighted by molar-refractivity contribution is 6.34. The van der Waals surface area contributed by atoms with E-state index in [9.17, 15) is 4.79 Å². The van der Waals surface area contributed by atoms with E-state index in [1.165, 1.54) is 0 Å². The number of nitrogens with zero attached hydrogens (tertiary/aromatic N) is 1. The second-order valence-corrected chi connectivity index (χ2v) is 5.57. The van der Waals surface area contributed by atoms with Gasteiger partial charge in [-0.15, -0.1) is 0 Å². The van der Waals surface area contributed by atoms with Gasteiger partial charge in [-0.2, -0.15) is 0 Å². The molecule has 4 nitrogen and oxygen atoms in total. The number of hydrogen-bond acceptors (Lipinski definition) is 3. The van der Waals surface area contributed by atoms with Gasteiger partial charge in [0.2, 0.25) is 5.95 Å². The van der Waals surface area contributed by atoms with Gasteiger partial charge in [0.05, 0.1) is 5.69 Å². The molecule has 0 bridgehead atoms. The Hall–Kier alpha value is -1.78. The predicted octanol–water partition coefficient (Wildman–Crippen LogP) is 3.61. The standard InChI is InChI=1S/C15H15Cl2N3O/c1-8(12-7-10(16)4-6-13(12)17)3-5-11-9(2)19-15(18)20-14(11)21/h3-4,6-7H,5H2,1-2H3,(H3,18,19,20,21)/b8-3+. The molecular weight excluding hydrogens is 309 g/mol. The van der Waals surface area contributed by atoms with Crippen molar-refractivity contribution < 1.29 is 0 Å². The molecule has 6 heteroatoms. The van der Waals surface area contributed by atoms with Crippen LogP contribution in [0, 0.1) is 6.92 Å². The third kappa shape index (κ3) is 3.65. The van der Waals surface area contributed by atoms with Crippen molar-refractivity contribution in [3.05, 3.63) is 61.5 Å². The average Bonchev–Trinajstić information content (AvgIpc) is 2.40. The van der Waals surface area contributed by atoms with Gasteiger partial charge in [0.1, 0.15) is 0 Å². The monoisotopic (exact) mass is 323 g/mol. The van der Waals surface area contributed by atoms with Crippen LogP contribution in [0.4, 0.5) is 5.95 Å². The van der Waals surface area contributed by atoms with Crippen LogP contribution >= 0.6 is 23.2 Å². The normalized spacial score (nSPS) is 11.7. The molecular formula is C15H15Cl2N3O. The van der Waals surface area contributed by atoms with Crippen LogP contribution in [0.5, 0.6) is 0 Å². The maximum atomic E-state index is 11.9. The summed E-state index contributed by atoms with van der Waals surface area (Å²) in [4.78, 5) is 18.4. The van der Waals surface area contributed by atoms with Gasteiger partial charge < -0.3 is 5.73 Å². The lowest BCUT2D eigenvalue weighted by atomic mass is 10.0. The zero-order valence-corrected chi connectivity index (χ0v) is 13.2. The highest BCUT2D eigenvalue weighted by Gasteiger charge is 2.07. The van der Waals surface area contributed by atoms with E-state index in [0.717, 1.165) is 11.1 Å². The van der Waals surface area contributed by atoms with Crippen LogP contribution in [-0.2, 0) is 6.42 Å². The van der Waals surface area contributed by atoms with E-state index in [0.29, 0.717) is 27.7 Å². The Balaban J connectivity index is 2.33. The van der Waals surface area contributed by atoms with Crippen LogP contribution in [0.3, 0.4) is 0 Å². The van der Waals surface area contributed by atoms with Gasteiger partial charge in [-0.3, -0.25) is 9.78 Å². The van der Waals surface area contributed by atoms with Crippen LogP contribution in [0.25, 0.3) is 5.57 Å². The predicted molar refractivity (Wildman–Crippen MR) is 87.8 cm³/mol. The summed E-state index contributed by atoms with van der Waals surface area (Å²) in [6, 6.07) is 5.28. The molecule has 2 aromatic rings. The van der Waals surface area contributed by atoms with Crippen LogP contribution in [-0.4, -0.2) is 9.97 Å². The van der Waals surface area contributed by atoms with Gasteiger partial charge >= 0.3 is 0 Å². The first-order valence-corrected chi connectivity index (χ1v) is 7.11. The highest BCUT2D eigenvalue weighted by atomic mass is 35.5. The van der Waals surface area contributed by atoms with Crippen molar-refractivity contribution in [3.8, 4) is 0 Å². The lowest BCUT2D eigenvalue weighted by Crippen LogP contribution is -2.18. The topological polar surface area (TPSA) is 71.8 Å². The molecule has 0 atom stereocenters. The van der Waals surface area contributed by atoms with Crippen molar-refractivity contribution in [3.63, 3.8) is 0 Å². The summed E-state index contributed by atoms with van der Waals surface area (Å²) in [5, 5.41) is 1.24. The minimum absolute atomic E-state index is 0.125. The Kier molecular flexibility index (Phi) is 4.70. The van der Waals surface area contributed by atoms with Crippen LogP contribution < -0.4 is 11.3 Å². The number of H-pyrrole nitrogens is 1. The number of aryl methyl sites for hydroxylation is 1. The first-order chi connectivity index (χ1) is 9.88.